The number of benzene rings is 1. The lowest BCUT2D eigenvalue weighted by atomic mass is 9.97. The fourth-order valence-corrected chi connectivity index (χ4v) is 4.56. The predicted molar refractivity (Wildman–Crippen MR) is 171 cm³/mol. The number of aromatic nitrogens is 1. The average Bonchev–Trinajstić information content (AvgIpc) is 3.28. The summed E-state index contributed by atoms with van der Waals surface area (Å²) in [4.78, 5) is 11.8. The Labute approximate surface area is 250 Å². The number of ether oxygens (including phenoxy) is 2. The lowest BCUT2D eigenvalue weighted by Gasteiger charge is -2.25. The molecule has 0 fully saturated rings. The molecule has 0 saturated heterocycles. The van der Waals surface area contributed by atoms with E-state index < -0.39 is 17.9 Å². The smallest absolute Gasteiger partial charge is 0.335 e. The van der Waals surface area contributed by atoms with E-state index in [1.165, 1.54) is 6.08 Å². The van der Waals surface area contributed by atoms with Crippen LogP contribution >= 0.6 is 0 Å². The third kappa shape index (κ3) is 9.60. The van der Waals surface area contributed by atoms with Gasteiger partial charge in [0.2, 0.25) is 0 Å². The highest BCUT2D eigenvalue weighted by atomic mass is 16.6. The molecule has 1 atom stereocenters. The molecule has 1 aromatic carbocycles. The Kier molecular flexibility index (Phi) is 13.0. The number of aliphatic hydroxyl groups is 1. The summed E-state index contributed by atoms with van der Waals surface area (Å²) in [5.74, 6) is -0.626. The number of carboxylic acid groups (broad SMARTS) is 1. The van der Waals surface area contributed by atoms with Crippen LogP contribution in [-0.4, -0.2) is 38.9 Å². The van der Waals surface area contributed by atoms with E-state index >= 15 is 0 Å². The quantitative estimate of drug-likeness (QED) is 0.0387. The van der Waals surface area contributed by atoms with Crippen molar-refractivity contribution in [3.05, 3.63) is 89.3 Å². The van der Waals surface area contributed by atoms with Gasteiger partial charge in [-0.1, -0.05) is 56.7 Å². The van der Waals surface area contributed by atoms with Gasteiger partial charge in [-0.2, -0.15) is 0 Å². The fourth-order valence-electron chi connectivity index (χ4n) is 4.56. The van der Waals surface area contributed by atoms with Gasteiger partial charge < -0.3 is 30.4 Å². The number of carbonyl (C=O) groups is 1. The number of nitrogens with one attached hydrogen (secondary N) is 2. The number of fused-ring (bicyclic) bond motifs is 1. The van der Waals surface area contributed by atoms with E-state index in [2.05, 4.69) is 25.4 Å². The van der Waals surface area contributed by atoms with E-state index in [9.17, 15) is 15.0 Å². The Balaban J connectivity index is 2.41. The van der Waals surface area contributed by atoms with Crippen LogP contribution in [0.25, 0.3) is 16.8 Å². The molecule has 0 aliphatic carbocycles. The second kappa shape index (κ2) is 15.9. The van der Waals surface area contributed by atoms with Crippen molar-refractivity contribution in [1.29, 1.82) is 5.41 Å². The maximum Gasteiger partial charge on any atom is 0.335 e. The molecule has 1 heterocycles. The molecular formula is C34H47N3O5. The molecule has 4 N–H and O–H groups in total. The summed E-state index contributed by atoms with van der Waals surface area (Å²) in [6.45, 7) is 20.3. The number of unbranched alkanes of at least 4 members (excludes halogenated alkanes) is 2. The number of hydrogen-bond acceptors (Lipinski definition) is 6. The van der Waals surface area contributed by atoms with Gasteiger partial charge in [0, 0.05) is 29.4 Å². The van der Waals surface area contributed by atoms with Crippen molar-refractivity contribution in [3.63, 3.8) is 0 Å². The molecule has 1 aromatic heterocycles. The van der Waals surface area contributed by atoms with Gasteiger partial charge in [0.1, 0.15) is 5.60 Å². The second-order valence-corrected chi connectivity index (χ2v) is 11.0. The van der Waals surface area contributed by atoms with E-state index in [4.69, 9.17) is 14.9 Å². The first kappa shape index (κ1) is 34.3. The van der Waals surface area contributed by atoms with Gasteiger partial charge in [0.05, 0.1) is 23.4 Å². The van der Waals surface area contributed by atoms with Crippen LogP contribution in [0.5, 0.6) is 0 Å². The van der Waals surface area contributed by atoms with Gasteiger partial charge >= 0.3 is 5.97 Å². The molecule has 0 bridgehead atoms. The van der Waals surface area contributed by atoms with Crippen molar-refractivity contribution in [2.75, 3.05) is 0 Å². The molecule has 2 rings (SSSR count). The van der Waals surface area contributed by atoms with E-state index in [0.717, 1.165) is 47.6 Å². The lowest BCUT2D eigenvalue weighted by molar-refractivity contribution is -0.132. The van der Waals surface area contributed by atoms with Crippen LogP contribution in [0.4, 0.5) is 0 Å². The highest BCUT2D eigenvalue weighted by molar-refractivity contribution is 5.97. The molecule has 1 unspecified atom stereocenters. The van der Waals surface area contributed by atoms with Gasteiger partial charge in [0.25, 0.3) is 0 Å². The molecule has 0 spiro atoms. The van der Waals surface area contributed by atoms with Crippen LogP contribution in [0.2, 0.25) is 0 Å². The summed E-state index contributed by atoms with van der Waals surface area (Å²) >= 11 is 0. The topological polar surface area (TPSA) is 117 Å². The summed E-state index contributed by atoms with van der Waals surface area (Å²) < 4.78 is 13.8. The molecular weight excluding hydrogens is 530 g/mol. The molecule has 0 saturated carbocycles. The zero-order valence-electron chi connectivity index (χ0n) is 25.9. The summed E-state index contributed by atoms with van der Waals surface area (Å²) in [7, 11) is 0. The average molecular weight is 578 g/mol. The summed E-state index contributed by atoms with van der Waals surface area (Å²) in [6, 6.07) is 8.01. The Bertz CT molecular complexity index is 1370. The van der Waals surface area contributed by atoms with Gasteiger partial charge in [-0.05, 0) is 77.3 Å². The van der Waals surface area contributed by atoms with Gasteiger partial charge in [-0.3, -0.25) is 4.57 Å². The van der Waals surface area contributed by atoms with E-state index in [1.807, 2.05) is 49.6 Å². The number of aliphatic hydroxyl groups excluding tert-OH is 1. The van der Waals surface area contributed by atoms with Crippen LogP contribution in [0.1, 0.15) is 78.5 Å². The van der Waals surface area contributed by atoms with Crippen LogP contribution in [-0.2, 0) is 27.4 Å². The monoisotopic (exact) mass is 577 g/mol. The van der Waals surface area contributed by atoms with E-state index in [1.54, 1.807) is 26.0 Å². The highest BCUT2D eigenvalue weighted by Crippen LogP contribution is 2.29. The number of carboxylic acids is 1. The molecule has 42 heavy (non-hydrogen) atoms. The zero-order valence-corrected chi connectivity index (χ0v) is 25.9. The van der Waals surface area contributed by atoms with Gasteiger partial charge in [-0.15, -0.1) is 0 Å². The van der Waals surface area contributed by atoms with Crippen LogP contribution < -0.4 is 5.32 Å². The van der Waals surface area contributed by atoms with Crippen molar-refractivity contribution in [1.82, 2.24) is 9.88 Å². The van der Waals surface area contributed by atoms with Gasteiger partial charge in [0.15, 0.2) is 12.2 Å². The molecule has 228 valence electrons. The van der Waals surface area contributed by atoms with Crippen molar-refractivity contribution >= 4 is 29.0 Å². The summed E-state index contributed by atoms with van der Waals surface area (Å²) in [6.07, 6.45) is 8.78. The normalized spacial score (nSPS) is 13.6. The third-order valence-corrected chi connectivity index (χ3v) is 6.50. The highest BCUT2D eigenvalue weighted by Gasteiger charge is 2.20. The minimum atomic E-state index is -1.07. The summed E-state index contributed by atoms with van der Waals surface area (Å²) in [5, 5.41) is 32.2. The number of hydrogen-bond donors (Lipinski definition) is 4. The Morgan fingerprint density at radius 1 is 1.17 bits per heavy atom. The van der Waals surface area contributed by atoms with Crippen LogP contribution in [0.15, 0.2) is 78.1 Å². The van der Waals surface area contributed by atoms with E-state index in [0.29, 0.717) is 35.7 Å². The molecule has 8 nitrogen and oxygen atoms in total. The number of nitrogens with zero attached hydrogens (tertiary/aromatic N) is 1. The summed E-state index contributed by atoms with van der Waals surface area (Å²) in [5.41, 5.74) is 3.45. The minimum Gasteiger partial charge on any atom is -0.478 e. The maximum absolute atomic E-state index is 11.8. The van der Waals surface area contributed by atoms with Crippen molar-refractivity contribution in [3.8, 4) is 0 Å². The molecule has 0 amide bonds. The van der Waals surface area contributed by atoms with Gasteiger partial charge in [-0.25, -0.2) is 4.79 Å². The molecule has 8 heteroatoms. The number of allylic oxidation sites excluding steroid dienone is 4. The van der Waals surface area contributed by atoms with Crippen molar-refractivity contribution < 1.29 is 24.5 Å². The lowest BCUT2D eigenvalue weighted by Crippen LogP contribution is -2.21. The molecule has 2 aromatic rings. The first-order valence-electron chi connectivity index (χ1n) is 14.4. The first-order valence-corrected chi connectivity index (χ1v) is 14.4. The van der Waals surface area contributed by atoms with Crippen molar-refractivity contribution in [2.24, 2.45) is 0 Å². The molecule has 0 aliphatic heterocycles. The zero-order chi connectivity index (χ0) is 31.4. The Morgan fingerprint density at radius 3 is 2.45 bits per heavy atom. The molecule has 0 radical (unpaired) electrons. The second-order valence-electron chi connectivity index (χ2n) is 11.0. The maximum atomic E-state index is 11.8. The number of aliphatic carboxylic acids is 1. The molecule has 0 aliphatic rings. The Hall–Kier alpha value is -3.88. The predicted octanol–water partition coefficient (Wildman–Crippen LogP) is 7.46. The first-order chi connectivity index (χ1) is 19.9. The largest absolute Gasteiger partial charge is 0.478 e. The third-order valence-electron chi connectivity index (χ3n) is 6.50. The minimum absolute atomic E-state index is 0.0939. The number of rotatable bonds is 17. The van der Waals surface area contributed by atoms with Crippen LogP contribution in [0.3, 0.4) is 0 Å². The SMILES string of the molecule is C=C(NCc1ccc2cc(COC(O)CCCCC)n(C(=C)OC(C)(C)C)c2c1)/C(C=N)=C(\C=C/C)C(=C\C)/C(=O)O. The fraction of sp³-hybridized carbons (Fsp3) is 0.412. The standard InChI is InChI=1S/C34H47N3O5/c1-9-12-13-15-32(38)41-22-27-19-26-17-16-25(18-31(26)37(27)24(5)42-34(6,7)8)21-36-23(4)30(20-35)29(14-10-2)28(11-3)33(39)40/h10-11,14,16-20,32,35-36,38H,4-5,9,12-13,15,21-22H2,1-3,6-8H3,(H,39,40)/b14-10-,28-11+,30-29+,35-20?. The van der Waals surface area contributed by atoms with E-state index in [-0.39, 0.29) is 12.2 Å². The Morgan fingerprint density at radius 2 is 1.88 bits per heavy atom. The van der Waals surface area contributed by atoms with Crippen molar-refractivity contribution in [2.45, 2.75) is 92.3 Å². The van der Waals surface area contributed by atoms with Crippen LogP contribution in [0, 0.1) is 5.41 Å².